The summed E-state index contributed by atoms with van der Waals surface area (Å²) in [5, 5.41) is 8.39. The molecule has 3 nitrogen and oxygen atoms in total. The summed E-state index contributed by atoms with van der Waals surface area (Å²) < 4.78 is 0. The van der Waals surface area contributed by atoms with E-state index in [1.807, 2.05) is 0 Å². The Hall–Kier alpha value is -0.870. The molecule has 0 aliphatic rings. The summed E-state index contributed by atoms with van der Waals surface area (Å²) in [4.78, 5) is 13.0. The van der Waals surface area contributed by atoms with Gasteiger partial charge in [0.1, 0.15) is 0 Å². The number of thiophene rings is 1. The smallest absolute Gasteiger partial charge is 0.233 e. The van der Waals surface area contributed by atoms with E-state index in [2.05, 4.69) is 55.8 Å². The van der Waals surface area contributed by atoms with Crippen molar-refractivity contribution in [1.29, 1.82) is 0 Å². The second-order valence-corrected chi connectivity index (χ2v) is 6.63. The van der Waals surface area contributed by atoms with Gasteiger partial charge in [0, 0.05) is 17.5 Å². The molecule has 0 bridgehead atoms. The van der Waals surface area contributed by atoms with Gasteiger partial charge >= 0.3 is 0 Å². The fraction of sp³-hybridized carbons (Fsp3) is 0.667. The molecule has 0 radical (unpaired) electrons. The van der Waals surface area contributed by atoms with Gasteiger partial charge in [-0.15, -0.1) is 11.3 Å². The molecular formula is C15H26N2OS. The van der Waals surface area contributed by atoms with Crippen LogP contribution in [0.25, 0.3) is 0 Å². The third kappa shape index (κ3) is 6.21. The first-order chi connectivity index (χ1) is 9.00. The standard InChI is InChI=1S/C15H26N2OS/c1-11(2)7-8-16-14(18)10-17-15(12(3)4)13-6-5-9-19-13/h5-6,9,11-12,15,17H,7-8,10H2,1-4H3,(H,16,18). The normalized spacial score (nSPS) is 12.9. The number of amides is 1. The lowest BCUT2D eigenvalue weighted by molar-refractivity contribution is -0.120. The molecule has 1 unspecified atom stereocenters. The molecule has 1 heterocycles. The summed E-state index contributed by atoms with van der Waals surface area (Å²) in [7, 11) is 0. The first-order valence-electron chi connectivity index (χ1n) is 7.04. The molecule has 0 spiro atoms. The number of rotatable bonds is 8. The first kappa shape index (κ1) is 16.2. The van der Waals surface area contributed by atoms with Gasteiger partial charge in [-0.25, -0.2) is 0 Å². The minimum Gasteiger partial charge on any atom is -0.355 e. The van der Waals surface area contributed by atoms with Crippen LogP contribution in [0.1, 0.15) is 45.0 Å². The highest BCUT2D eigenvalue weighted by Gasteiger charge is 2.17. The van der Waals surface area contributed by atoms with Crippen molar-refractivity contribution in [3.05, 3.63) is 22.4 Å². The SMILES string of the molecule is CC(C)CCNC(=O)CNC(c1cccs1)C(C)C. The van der Waals surface area contributed by atoms with Gasteiger partial charge in [-0.1, -0.05) is 33.8 Å². The van der Waals surface area contributed by atoms with Crippen LogP contribution in [-0.4, -0.2) is 19.0 Å². The molecule has 0 saturated heterocycles. The Morgan fingerprint density at radius 1 is 1.32 bits per heavy atom. The summed E-state index contributed by atoms with van der Waals surface area (Å²) in [5.41, 5.74) is 0. The summed E-state index contributed by atoms with van der Waals surface area (Å²) >= 11 is 1.74. The van der Waals surface area contributed by atoms with Crippen LogP contribution >= 0.6 is 11.3 Å². The van der Waals surface area contributed by atoms with Crippen molar-refractivity contribution in [2.45, 2.75) is 40.2 Å². The van der Waals surface area contributed by atoms with Crippen LogP contribution in [0.4, 0.5) is 0 Å². The van der Waals surface area contributed by atoms with Gasteiger partial charge in [-0.05, 0) is 29.7 Å². The number of hydrogen-bond acceptors (Lipinski definition) is 3. The van der Waals surface area contributed by atoms with E-state index in [4.69, 9.17) is 0 Å². The molecule has 0 aliphatic carbocycles. The first-order valence-corrected chi connectivity index (χ1v) is 7.92. The predicted octanol–water partition coefficient (Wildman–Crippen LogP) is 3.20. The highest BCUT2D eigenvalue weighted by atomic mass is 32.1. The lowest BCUT2D eigenvalue weighted by Gasteiger charge is -2.21. The van der Waals surface area contributed by atoms with Crippen LogP contribution in [-0.2, 0) is 4.79 Å². The molecule has 4 heteroatoms. The number of carbonyl (C=O) groups excluding carboxylic acids is 1. The van der Waals surface area contributed by atoms with Crippen LogP contribution in [0, 0.1) is 11.8 Å². The molecule has 19 heavy (non-hydrogen) atoms. The fourth-order valence-electron chi connectivity index (χ4n) is 1.90. The maximum atomic E-state index is 11.8. The second-order valence-electron chi connectivity index (χ2n) is 5.65. The Labute approximate surface area is 120 Å². The van der Waals surface area contributed by atoms with Gasteiger partial charge < -0.3 is 10.6 Å². The van der Waals surface area contributed by atoms with E-state index >= 15 is 0 Å². The number of nitrogens with one attached hydrogen (secondary N) is 2. The zero-order valence-corrected chi connectivity index (χ0v) is 13.2. The van der Waals surface area contributed by atoms with Gasteiger partial charge in [-0.3, -0.25) is 4.79 Å². The largest absolute Gasteiger partial charge is 0.355 e. The maximum Gasteiger partial charge on any atom is 0.233 e. The van der Waals surface area contributed by atoms with Crippen molar-refractivity contribution >= 4 is 17.2 Å². The van der Waals surface area contributed by atoms with Crippen molar-refractivity contribution < 1.29 is 4.79 Å². The van der Waals surface area contributed by atoms with Crippen LogP contribution in [0.2, 0.25) is 0 Å². The minimum absolute atomic E-state index is 0.0860. The molecule has 1 aromatic heterocycles. The van der Waals surface area contributed by atoms with E-state index in [0.717, 1.165) is 13.0 Å². The lowest BCUT2D eigenvalue weighted by Crippen LogP contribution is -2.37. The maximum absolute atomic E-state index is 11.8. The van der Waals surface area contributed by atoms with Gasteiger partial charge in [0.2, 0.25) is 5.91 Å². The van der Waals surface area contributed by atoms with Gasteiger partial charge in [0.25, 0.3) is 0 Å². The van der Waals surface area contributed by atoms with E-state index in [-0.39, 0.29) is 11.9 Å². The van der Waals surface area contributed by atoms with E-state index < -0.39 is 0 Å². The monoisotopic (exact) mass is 282 g/mol. The van der Waals surface area contributed by atoms with E-state index in [0.29, 0.717) is 18.4 Å². The number of carbonyl (C=O) groups is 1. The summed E-state index contributed by atoms with van der Waals surface area (Å²) in [6.07, 6.45) is 1.03. The fourth-order valence-corrected chi connectivity index (χ4v) is 2.87. The van der Waals surface area contributed by atoms with Gasteiger partial charge in [0.15, 0.2) is 0 Å². The Bertz CT molecular complexity index is 360. The molecule has 0 aliphatic heterocycles. The average molecular weight is 282 g/mol. The zero-order chi connectivity index (χ0) is 14.3. The molecule has 0 saturated carbocycles. The molecular weight excluding hydrogens is 256 g/mol. The molecule has 2 N–H and O–H groups in total. The average Bonchev–Trinajstić information content (AvgIpc) is 2.82. The number of hydrogen-bond donors (Lipinski definition) is 2. The molecule has 0 aromatic carbocycles. The van der Waals surface area contributed by atoms with Crippen molar-refractivity contribution in [2.75, 3.05) is 13.1 Å². The van der Waals surface area contributed by atoms with E-state index in [9.17, 15) is 4.79 Å². The molecule has 1 amide bonds. The van der Waals surface area contributed by atoms with Gasteiger partial charge in [-0.2, -0.15) is 0 Å². The van der Waals surface area contributed by atoms with E-state index in [1.54, 1.807) is 11.3 Å². The summed E-state index contributed by atoms with van der Waals surface area (Å²) in [6, 6.07) is 4.44. The van der Waals surface area contributed by atoms with Gasteiger partial charge in [0.05, 0.1) is 6.54 Å². The Kier molecular flexibility index (Phi) is 7.10. The van der Waals surface area contributed by atoms with Crippen LogP contribution in [0.5, 0.6) is 0 Å². The van der Waals surface area contributed by atoms with E-state index in [1.165, 1.54) is 4.88 Å². The van der Waals surface area contributed by atoms with Crippen molar-refractivity contribution in [3.8, 4) is 0 Å². The predicted molar refractivity (Wildman–Crippen MR) is 82.4 cm³/mol. The zero-order valence-electron chi connectivity index (χ0n) is 12.4. The van der Waals surface area contributed by atoms with Crippen LogP contribution < -0.4 is 10.6 Å². The second kappa shape index (κ2) is 8.33. The minimum atomic E-state index is 0.0860. The third-order valence-corrected chi connectivity index (χ3v) is 4.00. The molecule has 108 valence electrons. The van der Waals surface area contributed by atoms with Crippen LogP contribution in [0.15, 0.2) is 17.5 Å². The summed E-state index contributed by atoms with van der Waals surface area (Å²) in [6.45, 7) is 9.83. The van der Waals surface area contributed by atoms with Crippen molar-refractivity contribution in [1.82, 2.24) is 10.6 Å². The molecule has 1 aromatic rings. The molecule has 1 rings (SSSR count). The Balaban J connectivity index is 2.34. The van der Waals surface area contributed by atoms with Crippen LogP contribution in [0.3, 0.4) is 0 Å². The topological polar surface area (TPSA) is 41.1 Å². The Morgan fingerprint density at radius 3 is 2.58 bits per heavy atom. The van der Waals surface area contributed by atoms with Crippen molar-refractivity contribution in [3.63, 3.8) is 0 Å². The lowest BCUT2D eigenvalue weighted by atomic mass is 10.0. The highest BCUT2D eigenvalue weighted by molar-refractivity contribution is 7.10. The highest BCUT2D eigenvalue weighted by Crippen LogP contribution is 2.25. The third-order valence-electron chi connectivity index (χ3n) is 3.04. The summed E-state index contributed by atoms with van der Waals surface area (Å²) in [5.74, 6) is 1.19. The molecule has 1 atom stereocenters. The molecule has 0 fully saturated rings. The van der Waals surface area contributed by atoms with Crippen molar-refractivity contribution in [2.24, 2.45) is 11.8 Å². The Morgan fingerprint density at radius 2 is 2.05 bits per heavy atom. The quantitative estimate of drug-likeness (QED) is 0.769.